The van der Waals surface area contributed by atoms with Crippen molar-refractivity contribution in [3.8, 4) is 0 Å². The quantitative estimate of drug-likeness (QED) is 0.0623. The van der Waals surface area contributed by atoms with E-state index in [-0.39, 0.29) is 36.2 Å². The number of carbonyl (C=O) groups excluding carboxylic acids is 4. The first-order valence-corrected chi connectivity index (χ1v) is 12.7. The second-order valence-electron chi connectivity index (χ2n) is 10.4. The molecular weight excluding hydrogens is 524 g/mol. The number of hydrogen-bond donors (Lipinski definition) is 6. The van der Waals surface area contributed by atoms with Gasteiger partial charge in [-0.1, -0.05) is 13.8 Å². The summed E-state index contributed by atoms with van der Waals surface area (Å²) in [6.07, 6.45) is 0.0454. The molecule has 8 N–H and O–H groups in total. The molecule has 2 atom stereocenters. The maximum Gasteiger partial charge on any atom is 0.408 e. The number of ether oxygens (including phenoxy) is 1. The van der Waals surface area contributed by atoms with Gasteiger partial charge in [-0.2, -0.15) is 0 Å². The molecule has 0 spiro atoms. The van der Waals surface area contributed by atoms with Crippen LogP contribution in [-0.2, 0) is 19.1 Å². The number of anilines is 1. The van der Waals surface area contributed by atoms with Crippen LogP contribution in [0.2, 0.25) is 0 Å². The van der Waals surface area contributed by atoms with Crippen molar-refractivity contribution in [3.63, 3.8) is 0 Å². The zero-order valence-corrected chi connectivity index (χ0v) is 23.5. The molecule has 0 saturated heterocycles. The molecule has 0 unspecified atom stereocenters. The summed E-state index contributed by atoms with van der Waals surface area (Å²) >= 11 is 0. The first-order chi connectivity index (χ1) is 18.6. The zero-order chi connectivity index (χ0) is 30.5. The fourth-order valence-corrected chi connectivity index (χ4v) is 3.36. The number of nitrogens with two attached hydrogens (primary N) is 2. The van der Waals surface area contributed by atoms with Gasteiger partial charge in [-0.15, -0.1) is 0 Å². The molecule has 0 radical (unpaired) electrons. The van der Waals surface area contributed by atoms with Crippen LogP contribution in [0.15, 0.2) is 29.3 Å². The summed E-state index contributed by atoms with van der Waals surface area (Å²) in [7, 11) is 0. The van der Waals surface area contributed by atoms with Crippen LogP contribution >= 0.6 is 0 Å². The molecule has 1 aromatic rings. The largest absolute Gasteiger partial charge is 0.444 e. The molecule has 1 aromatic carbocycles. The van der Waals surface area contributed by atoms with Crippen LogP contribution in [0.5, 0.6) is 0 Å². The molecule has 4 amide bonds. The van der Waals surface area contributed by atoms with Crippen molar-refractivity contribution in [3.05, 3.63) is 34.4 Å². The number of guanidine groups is 1. The lowest BCUT2D eigenvalue weighted by Gasteiger charge is -2.24. The normalized spacial score (nSPS) is 12.4. The van der Waals surface area contributed by atoms with Crippen molar-refractivity contribution in [2.45, 2.75) is 71.6 Å². The molecule has 0 saturated carbocycles. The van der Waals surface area contributed by atoms with Gasteiger partial charge in [-0.05, 0) is 58.1 Å². The van der Waals surface area contributed by atoms with Crippen LogP contribution in [0.1, 0.15) is 53.9 Å². The molecule has 15 heteroatoms. The molecule has 0 bridgehead atoms. The third kappa shape index (κ3) is 13.9. The number of alkyl carbamates (subject to hydrolysis) is 1. The Morgan fingerprint density at radius 3 is 2.17 bits per heavy atom. The van der Waals surface area contributed by atoms with E-state index < -0.39 is 53.0 Å². The SMILES string of the molecule is CC(C)C[C@@H](NC(=O)OC(C)(C)C)C(=O)NCC(=O)N[C@@H](CCCN=C(N)N)C(=O)Nc1ccc([N+](=O)[O-])cc1. The van der Waals surface area contributed by atoms with Gasteiger partial charge in [-0.25, -0.2) is 4.79 Å². The number of nitro benzene ring substituents is 1. The van der Waals surface area contributed by atoms with Gasteiger partial charge in [0.25, 0.3) is 5.69 Å². The first kappa shape index (κ1) is 33.6. The highest BCUT2D eigenvalue weighted by Gasteiger charge is 2.26. The van der Waals surface area contributed by atoms with E-state index >= 15 is 0 Å². The zero-order valence-electron chi connectivity index (χ0n) is 23.5. The Labute approximate surface area is 233 Å². The van der Waals surface area contributed by atoms with Gasteiger partial charge in [-0.3, -0.25) is 29.5 Å². The van der Waals surface area contributed by atoms with Crippen molar-refractivity contribution >= 4 is 41.1 Å². The van der Waals surface area contributed by atoms with Crippen molar-refractivity contribution < 1.29 is 28.8 Å². The van der Waals surface area contributed by atoms with Crippen molar-refractivity contribution in [2.24, 2.45) is 22.4 Å². The van der Waals surface area contributed by atoms with Gasteiger partial charge in [0.1, 0.15) is 17.7 Å². The maximum atomic E-state index is 12.9. The lowest BCUT2D eigenvalue weighted by atomic mass is 10.0. The minimum Gasteiger partial charge on any atom is -0.444 e. The number of nitro groups is 1. The van der Waals surface area contributed by atoms with E-state index in [1.54, 1.807) is 20.8 Å². The standard InChI is InChI=1S/C25H40N8O7/c1-15(2)13-19(32-24(37)40-25(3,4)5)21(35)29-14-20(34)31-18(7-6-12-28-23(26)27)22(36)30-16-8-10-17(11-9-16)33(38)39/h8-11,15,18-19H,6-7,12-14H2,1-5H3,(H,29,35)(H,30,36)(H,31,34)(H,32,37)(H4,26,27,28)/t18-,19+/m0/s1. The second kappa shape index (κ2) is 15.9. The van der Waals surface area contributed by atoms with Crippen molar-refractivity contribution in [1.29, 1.82) is 0 Å². The molecule has 1 rings (SSSR count). The lowest BCUT2D eigenvalue weighted by molar-refractivity contribution is -0.384. The van der Waals surface area contributed by atoms with E-state index in [2.05, 4.69) is 26.3 Å². The molecule has 0 heterocycles. The average Bonchev–Trinajstić information content (AvgIpc) is 2.82. The van der Waals surface area contributed by atoms with Crippen LogP contribution in [0.25, 0.3) is 0 Å². The van der Waals surface area contributed by atoms with Crippen LogP contribution in [-0.4, -0.2) is 65.5 Å². The first-order valence-electron chi connectivity index (χ1n) is 12.7. The number of rotatable bonds is 14. The van der Waals surface area contributed by atoms with Gasteiger partial charge in [0.15, 0.2) is 5.96 Å². The Morgan fingerprint density at radius 1 is 1.02 bits per heavy atom. The average molecular weight is 565 g/mol. The second-order valence-corrected chi connectivity index (χ2v) is 10.4. The highest BCUT2D eigenvalue weighted by atomic mass is 16.6. The number of nitrogens with one attached hydrogen (secondary N) is 4. The van der Waals surface area contributed by atoms with Gasteiger partial charge in [0.05, 0.1) is 11.5 Å². The summed E-state index contributed by atoms with van der Waals surface area (Å²) in [6.45, 7) is 8.59. The smallest absolute Gasteiger partial charge is 0.408 e. The third-order valence-electron chi connectivity index (χ3n) is 5.08. The van der Waals surface area contributed by atoms with E-state index in [4.69, 9.17) is 16.2 Å². The molecule has 0 aliphatic heterocycles. The number of nitrogens with zero attached hydrogens (tertiary/aromatic N) is 2. The highest BCUT2D eigenvalue weighted by Crippen LogP contribution is 2.16. The highest BCUT2D eigenvalue weighted by molar-refractivity contribution is 5.98. The minimum atomic E-state index is -1.03. The van der Waals surface area contributed by atoms with Gasteiger partial charge in [0, 0.05) is 24.4 Å². The lowest BCUT2D eigenvalue weighted by Crippen LogP contribution is -2.52. The van der Waals surface area contributed by atoms with Gasteiger partial charge < -0.3 is 37.5 Å². The Kier molecular flexibility index (Phi) is 13.3. The molecule has 0 fully saturated rings. The summed E-state index contributed by atoms with van der Waals surface area (Å²) < 4.78 is 5.22. The van der Waals surface area contributed by atoms with Crippen molar-refractivity contribution in [2.75, 3.05) is 18.4 Å². The summed E-state index contributed by atoms with van der Waals surface area (Å²) in [5, 5.41) is 21.0. The summed E-state index contributed by atoms with van der Waals surface area (Å²) in [5.41, 5.74) is 10.0. The fraction of sp³-hybridized carbons (Fsp3) is 0.560. The van der Waals surface area contributed by atoms with E-state index in [0.29, 0.717) is 12.8 Å². The number of aliphatic imine (C=N–C) groups is 1. The molecular formula is C25H40N8O7. The van der Waals surface area contributed by atoms with Gasteiger partial charge in [0.2, 0.25) is 17.7 Å². The van der Waals surface area contributed by atoms with E-state index in [9.17, 15) is 29.3 Å². The van der Waals surface area contributed by atoms with Crippen LogP contribution < -0.4 is 32.7 Å². The van der Waals surface area contributed by atoms with Gasteiger partial charge >= 0.3 is 6.09 Å². The maximum absolute atomic E-state index is 12.9. The molecule has 0 aliphatic carbocycles. The third-order valence-corrected chi connectivity index (χ3v) is 5.08. The monoisotopic (exact) mass is 564 g/mol. The summed E-state index contributed by atoms with van der Waals surface area (Å²) in [4.78, 5) is 64.7. The summed E-state index contributed by atoms with van der Waals surface area (Å²) in [6, 6.07) is 3.22. The fourth-order valence-electron chi connectivity index (χ4n) is 3.36. The Hall–Kier alpha value is -4.43. The Bertz CT molecular complexity index is 1060. The Balaban J connectivity index is 2.84. The molecule has 222 valence electrons. The van der Waals surface area contributed by atoms with Crippen LogP contribution in [0, 0.1) is 16.0 Å². The summed E-state index contributed by atoms with van der Waals surface area (Å²) in [5.74, 6) is -1.89. The number of carbonyl (C=O) groups is 4. The van der Waals surface area contributed by atoms with E-state index in [1.165, 1.54) is 24.3 Å². The number of amides is 4. The van der Waals surface area contributed by atoms with Crippen LogP contribution in [0.4, 0.5) is 16.2 Å². The van der Waals surface area contributed by atoms with Crippen molar-refractivity contribution in [1.82, 2.24) is 16.0 Å². The minimum absolute atomic E-state index is 0.0530. The molecule has 40 heavy (non-hydrogen) atoms. The molecule has 15 nitrogen and oxygen atoms in total. The number of hydrogen-bond acceptors (Lipinski definition) is 8. The predicted molar refractivity (Wildman–Crippen MR) is 149 cm³/mol. The van der Waals surface area contributed by atoms with E-state index in [1.807, 2.05) is 13.8 Å². The topological polar surface area (TPSA) is 233 Å². The molecule has 0 aromatic heterocycles. The predicted octanol–water partition coefficient (Wildman–Crippen LogP) is 1.13. The number of benzene rings is 1. The Morgan fingerprint density at radius 2 is 1.65 bits per heavy atom. The molecule has 0 aliphatic rings. The number of non-ortho nitro benzene ring substituents is 1. The van der Waals surface area contributed by atoms with Crippen LogP contribution in [0.3, 0.4) is 0 Å². The van der Waals surface area contributed by atoms with E-state index in [0.717, 1.165) is 0 Å².